The molecule has 1 atom stereocenters. The number of phenolic OH excluding ortho intramolecular Hbond substituents is 1. The number of carbonyl (C=O) groups excluding carboxylic acids is 1. The normalized spacial score (nSPS) is 16.2. The Balaban J connectivity index is 1.15. The number of aromatic hydroxyl groups is 1. The molecule has 6 rings (SSSR count). The highest BCUT2D eigenvalue weighted by Crippen LogP contribution is 2.40. The lowest BCUT2D eigenvalue weighted by molar-refractivity contribution is -0.130. The molecule has 38 heavy (non-hydrogen) atoms. The number of thioether (sulfide) groups is 1. The summed E-state index contributed by atoms with van der Waals surface area (Å²) < 4.78 is 12.4. The van der Waals surface area contributed by atoms with Crippen LogP contribution >= 0.6 is 23.1 Å². The van der Waals surface area contributed by atoms with Crippen LogP contribution in [0.15, 0.2) is 70.2 Å². The molecule has 2 aliphatic heterocycles. The van der Waals surface area contributed by atoms with Gasteiger partial charge >= 0.3 is 0 Å². The molecule has 194 valence electrons. The van der Waals surface area contributed by atoms with Crippen molar-refractivity contribution in [2.45, 2.75) is 30.5 Å². The highest BCUT2D eigenvalue weighted by molar-refractivity contribution is 7.99. The number of aromatic nitrogens is 3. The summed E-state index contributed by atoms with van der Waals surface area (Å²) >= 11 is 2.83. The highest BCUT2D eigenvalue weighted by atomic mass is 32.2. The predicted octanol–water partition coefficient (Wildman–Crippen LogP) is 3.74. The molecule has 4 heterocycles. The van der Waals surface area contributed by atoms with Gasteiger partial charge in [0.25, 0.3) is 5.91 Å². The fourth-order valence-corrected chi connectivity index (χ4v) is 5.85. The molecular weight excluding hydrogens is 524 g/mol. The number of fused-ring (bicyclic) bond motifs is 1. The van der Waals surface area contributed by atoms with Crippen LogP contribution < -0.4 is 15.3 Å². The van der Waals surface area contributed by atoms with Gasteiger partial charge in [0.15, 0.2) is 17.3 Å². The second kappa shape index (κ2) is 10.4. The Morgan fingerprint density at radius 3 is 2.76 bits per heavy atom. The zero-order chi connectivity index (χ0) is 26.1. The Hall–Kier alpha value is -4.03. The number of ether oxygens (including phenoxy) is 2. The Bertz CT molecular complexity index is 1490. The molecule has 0 saturated carbocycles. The first-order valence-electron chi connectivity index (χ1n) is 12.0. The fraction of sp³-hybridized carbons (Fsp3) is 0.231. The van der Waals surface area contributed by atoms with Crippen molar-refractivity contribution in [3.63, 3.8) is 0 Å². The second-order valence-corrected chi connectivity index (χ2v) is 10.7. The molecule has 2 aromatic carbocycles. The number of hydrogen-bond donors (Lipinski definition) is 2. The fourth-order valence-electron chi connectivity index (χ4n) is 4.40. The lowest BCUT2D eigenvalue weighted by atomic mass is 10.0. The van der Waals surface area contributed by atoms with Crippen LogP contribution in [-0.2, 0) is 17.6 Å². The third-order valence-corrected chi connectivity index (χ3v) is 8.23. The number of hydrazone groups is 1. The van der Waals surface area contributed by atoms with Gasteiger partial charge in [0.1, 0.15) is 5.75 Å². The van der Waals surface area contributed by atoms with Gasteiger partial charge in [-0.2, -0.15) is 5.10 Å². The third kappa shape index (κ3) is 4.92. The summed E-state index contributed by atoms with van der Waals surface area (Å²) in [6, 6.07) is 16.5. The van der Waals surface area contributed by atoms with Crippen molar-refractivity contribution in [2.75, 3.05) is 18.4 Å². The SMILES string of the molecule is Nn1c(CCc2ccc(O)cc2)nnc1SCC(=O)N1N=C(c2cccs2)CC1c1ccc2c(c1)OCO2. The van der Waals surface area contributed by atoms with E-state index in [1.165, 1.54) is 16.4 Å². The molecule has 0 spiro atoms. The molecule has 0 saturated heterocycles. The number of benzene rings is 2. The largest absolute Gasteiger partial charge is 0.508 e. The molecule has 10 nitrogen and oxygen atoms in total. The maximum absolute atomic E-state index is 13.4. The van der Waals surface area contributed by atoms with Crippen molar-refractivity contribution in [3.05, 3.63) is 81.8 Å². The van der Waals surface area contributed by atoms with Crippen LogP contribution in [0.4, 0.5) is 0 Å². The Morgan fingerprint density at radius 2 is 1.95 bits per heavy atom. The summed E-state index contributed by atoms with van der Waals surface area (Å²) in [6.07, 6.45) is 1.88. The predicted molar refractivity (Wildman–Crippen MR) is 144 cm³/mol. The molecule has 12 heteroatoms. The zero-order valence-electron chi connectivity index (χ0n) is 20.2. The minimum absolute atomic E-state index is 0.107. The van der Waals surface area contributed by atoms with Gasteiger partial charge in [0, 0.05) is 12.8 Å². The molecule has 0 fully saturated rings. The standard InChI is InChI=1S/C26H24N6O4S2/c27-31-24(10-5-16-3-7-18(33)8-4-16)28-29-26(31)38-14-25(34)32-20(13-19(30-32)23-2-1-11-37-23)17-6-9-21-22(12-17)36-15-35-21/h1-4,6-9,11-12,20,33H,5,10,13-15,27H2. The van der Waals surface area contributed by atoms with E-state index in [-0.39, 0.29) is 30.2 Å². The molecule has 0 bridgehead atoms. The number of nitrogens with two attached hydrogens (primary N) is 1. The molecule has 0 aliphatic carbocycles. The van der Waals surface area contributed by atoms with E-state index in [0.29, 0.717) is 41.7 Å². The Kier molecular flexibility index (Phi) is 6.64. The topological polar surface area (TPSA) is 128 Å². The van der Waals surface area contributed by atoms with E-state index >= 15 is 0 Å². The van der Waals surface area contributed by atoms with E-state index in [0.717, 1.165) is 21.7 Å². The van der Waals surface area contributed by atoms with Crippen LogP contribution in [0.3, 0.4) is 0 Å². The number of nitrogens with zero attached hydrogens (tertiary/aromatic N) is 5. The van der Waals surface area contributed by atoms with E-state index < -0.39 is 0 Å². The monoisotopic (exact) mass is 548 g/mol. The summed E-state index contributed by atoms with van der Waals surface area (Å²) in [6.45, 7) is 0.191. The smallest absolute Gasteiger partial charge is 0.253 e. The van der Waals surface area contributed by atoms with Gasteiger partial charge in [-0.3, -0.25) is 4.79 Å². The number of amides is 1. The molecule has 1 unspecified atom stereocenters. The van der Waals surface area contributed by atoms with E-state index in [1.807, 2.05) is 47.8 Å². The molecule has 1 amide bonds. The van der Waals surface area contributed by atoms with Crippen LogP contribution in [-0.4, -0.2) is 49.2 Å². The highest BCUT2D eigenvalue weighted by Gasteiger charge is 2.34. The van der Waals surface area contributed by atoms with Gasteiger partial charge in [-0.15, -0.1) is 21.5 Å². The van der Waals surface area contributed by atoms with E-state index in [2.05, 4.69) is 10.2 Å². The summed E-state index contributed by atoms with van der Waals surface area (Å²) in [5, 5.41) is 26.6. The summed E-state index contributed by atoms with van der Waals surface area (Å²) in [4.78, 5) is 14.5. The van der Waals surface area contributed by atoms with E-state index in [1.54, 1.807) is 28.5 Å². The van der Waals surface area contributed by atoms with Crippen LogP contribution in [0.5, 0.6) is 17.2 Å². The molecule has 4 aromatic rings. The summed E-state index contributed by atoms with van der Waals surface area (Å²) in [5.74, 6) is 8.41. The van der Waals surface area contributed by atoms with Gasteiger partial charge in [0.2, 0.25) is 11.9 Å². The van der Waals surface area contributed by atoms with E-state index in [4.69, 9.17) is 20.4 Å². The van der Waals surface area contributed by atoms with Crippen molar-refractivity contribution < 1.29 is 19.4 Å². The van der Waals surface area contributed by atoms with Gasteiger partial charge in [-0.1, -0.05) is 36.0 Å². The Labute approximate surface area is 226 Å². The minimum atomic E-state index is -0.258. The number of carbonyl (C=O) groups is 1. The van der Waals surface area contributed by atoms with Crippen LogP contribution in [0.2, 0.25) is 0 Å². The van der Waals surface area contributed by atoms with E-state index in [9.17, 15) is 9.90 Å². The maximum atomic E-state index is 13.4. The van der Waals surface area contributed by atoms with Crippen molar-refractivity contribution in [3.8, 4) is 17.2 Å². The van der Waals surface area contributed by atoms with Gasteiger partial charge in [0.05, 0.1) is 22.4 Å². The second-order valence-electron chi connectivity index (χ2n) is 8.82. The van der Waals surface area contributed by atoms with Crippen molar-refractivity contribution >= 4 is 34.7 Å². The minimum Gasteiger partial charge on any atom is -0.508 e. The number of aryl methyl sites for hydroxylation is 2. The first-order valence-corrected chi connectivity index (χ1v) is 13.8. The first kappa shape index (κ1) is 24.3. The number of hydrogen-bond acceptors (Lipinski definition) is 10. The van der Waals surface area contributed by atoms with Crippen LogP contribution in [0.1, 0.15) is 34.3 Å². The van der Waals surface area contributed by atoms with Crippen LogP contribution in [0, 0.1) is 0 Å². The lowest BCUT2D eigenvalue weighted by Crippen LogP contribution is -2.29. The average molecular weight is 549 g/mol. The van der Waals surface area contributed by atoms with Crippen molar-refractivity contribution in [1.82, 2.24) is 19.9 Å². The van der Waals surface area contributed by atoms with Crippen LogP contribution in [0.25, 0.3) is 0 Å². The zero-order valence-corrected chi connectivity index (χ0v) is 21.8. The average Bonchev–Trinajstić information content (AvgIpc) is 3.74. The summed E-state index contributed by atoms with van der Waals surface area (Å²) in [5.41, 5.74) is 2.86. The molecule has 2 aliphatic rings. The van der Waals surface area contributed by atoms with Gasteiger partial charge < -0.3 is 20.4 Å². The van der Waals surface area contributed by atoms with Gasteiger partial charge in [-0.05, 0) is 53.3 Å². The number of phenols is 1. The lowest BCUT2D eigenvalue weighted by Gasteiger charge is -2.22. The van der Waals surface area contributed by atoms with Crippen molar-refractivity contribution in [1.29, 1.82) is 0 Å². The number of thiophene rings is 1. The molecule has 0 radical (unpaired) electrons. The number of nitrogen functional groups attached to an aromatic ring is 1. The molecule has 3 N–H and O–H groups in total. The third-order valence-electron chi connectivity index (χ3n) is 6.39. The molecule has 2 aromatic heterocycles. The quantitative estimate of drug-likeness (QED) is 0.252. The maximum Gasteiger partial charge on any atom is 0.253 e. The van der Waals surface area contributed by atoms with Gasteiger partial charge in [-0.25, -0.2) is 9.69 Å². The molecular formula is C26H24N6O4S2. The van der Waals surface area contributed by atoms with Crippen molar-refractivity contribution in [2.24, 2.45) is 5.10 Å². The Morgan fingerprint density at radius 1 is 1.11 bits per heavy atom. The first-order chi connectivity index (χ1) is 18.5. The summed E-state index contributed by atoms with van der Waals surface area (Å²) in [7, 11) is 0. The number of rotatable bonds is 8.